The molecular weight excluding hydrogens is 435 g/mol. The number of ether oxygens (including phenoxy) is 2. The predicted molar refractivity (Wildman–Crippen MR) is 119 cm³/mol. The smallest absolute Gasteiger partial charge is 0.416 e. The minimum atomic E-state index is -4.45. The highest BCUT2D eigenvalue weighted by atomic mass is 19.4. The van der Waals surface area contributed by atoms with Crippen LogP contribution in [0.2, 0.25) is 0 Å². The van der Waals surface area contributed by atoms with Crippen molar-refractivity contribution in [1.82, 2.24) is 5.43 Å². The average Bonchev–Trinajstić information content (AvgIpc) is 2.82. The molecule has 9 heteroatoms. The van der Waals surface area contributed by atoms with Gasteiger partial charge in [-0.2, -0.15) is 18.3 Å². The first kappa shape index (κ1) is 23.6. The lowest BCUT2D eigenvalue weighted by Gasteiger charge is -2.11. The van der Waals surface area contributed by atoms with Crippen LogP contribution in [0.4, 0.5) is 18.9 Å². The van der Waals surface area contributed by atoms with E-state index in [1.807, 2.05) is 30.3 Å². The topological polar surface area (TPSA) is 72.0 Å². The van der Waals surface area contributed by atoms with Gasteiger partial charge in [-0.15, -0.1) is 0 Å². The molecule has 0 aliphatic carbocycles. The van der Waals surface area contributed by atoms with Crippen LogP contribution in [0, 0.1) is 0 Å². The van der Waals surface area contributed by atoms with Crippen molar-refractivity contribution in [2.45, 2.75) is 12.8 Å². The Hall–Kier alpha value is -4.01. The van der Waals surface area contributed by atoms with E-state index in [1.165, 1.54) is 25.5 Å². The third-order valence-corrected chi connectivity index (χ3v) is 4.47. The summed E-state index contributed by atoms with van der Waals surface area (Å²) in [5, 5.41) is 6.50. The van der Waals surface area contributed by atoms with Gasteiger partial charge < -0.3 is 14.8 Å². The minimum Gasteiger partial charge on any atom is -0.493 e. The van der Waals surface area contributed by atoms with Crippen LogP contribution in [0.1, 0.15) is 16.7 Å². The molecule has 1 amide bonds. The van der Waals surface area contributed by atoms with Crippen molar-refractivity contribution < 1.29 is 27.4 Å². The fourth-order valence-electron chi connectivity index (χ4n) is 2.83. The van der Waals surface area contributed by atoms with Gasteiger partial charge in [0.1, 0.15) is 6.61 Å². The average molecular weight is 457 g/mol. The van der Waals surface area contributed by atoms with E-state index >= 15 is 0 Å². The Bertz CT molecular complexity index is 1100. The number of benzene rings is 3. The number of halogens is 3. The first-order valence-electron chi connectivity index (χ1n) is 9.93. The number of methoxy groups -OCH3 is 1. The van der Waals surface area contributed by atoms with Crippen LogP contribution in [0.25, 0.3) is 0 Å². The molecule has 0 aliphatic rings. The van der Waals surface area contributed by atoms with Crippen LogP contribution in [-0.2, 0) is 17.6 Å². The summed E-state index contributed by atoms with van der Waals surface area (Å²) in [4.78, 5) is 11.9. The number of nitrogens with zero attached hydrogens (tertiary/aromatic N) is 1. The van der Waals surface area contributed by atoms with E-state index in [2.05, 4.69) is 15.8 Å². The maximum absolute atomic E-state index is 12.8. The monoisotopic (exact) mass is 457 g/mol. The lowest BCUT2D eigenvalue weighted by atomic mass is 10.2. The number of hydrazone groups is 1. The van der Waals surface area contributed by atoms with Crippen molar-refractivity contribution in [3.63, 3.8) is 0 Å². The van der Waals surface area contributed by atoms with Crippen molar-refractivity contribution in [1.29, 1.82) is 0 Å². The van der Waals surface area contributed by atoms with Crippen LogP contribution in [-0.4, -0.2) is 25.8 Å². The lowest BCUT2D eigenvalue weighted by molar-refractivity contribution is -0.137. The van der Waals surface area contributed by atoms with Gasteiger partial charge in [0.25, 0.3) is 5.91 Å². The summed E-state index contributed by atoms with van der Waals surface area (Å²) < 4.78 is 49.4. The van der Waals surface area contributed by atoms with Gasteiger partial charge in [-0.3, -0.25) is 4.79 Å². The molecule has 2 N–H and O–H groups in total. The van der Waals surface area contributed by atoms with E-state index < -0.39 is 17.6 Å². The molecule has 0 bridgehead atoms. The minimum absolute atomic E-state index is 0.180. The second kappa shape index (κ2) is 11.0. The third-order valence-electron chi connectivity index (χ3n) is 4.47. The summed E-state index contributed by atoms with van der Waals surface area (Å²) in [5.41, 5.74) is 3.38. The Labute approximate surface area is 189 Å². The summed E-state index contributed by atoms with van der Waals surface area (Å²) >= 11 is 0. The number of amides is 1. The van der Waals surface area contributed by atoms with Gasteiger partial charge in [0, 0.05) is 5.69 Å². The van der Waals surface area contributed by atoms with E-state index in [9.17, 15) is 18.0 Å². The van der Waals surface area contributed by atoms with Crippen molar-refractivity contribution in [3.8, 4) is 11.5 Å². The molecule has 172 valence electrons. The lowest BCUT2D eigenvalue weighted by Crippen LogP contribution is -2.26. The molecule has 0 atom stereocenters. The van der Waals surface area contributed by atoms with Gasteiger partial charge in [-0.25, -0.2) is 5.43 Å². The molecular formula is C24H22F3N3O3. The molecule has 0 heterocycles. The Morgan fingerprint density at radius 3 is 2.52 bits per heavy atom. The van der Waals surface area contributed by atoms with E-state index in [0.717, 1.165) is 17.7 Å². The summed E-state index contributed by atoms with van der Waals surface area (Å²) in [6, 6.07) is 19.5. The van der Waals surface area contributed by atoms with Crippen molar-refractivity contribution in [3.05, 3.63) is 89.5 Å². The SMILES string of the molecule is COc1cc(/C=N/NC(=O)CNc2cccc(C(F)(F)F)c2)ccc1OCc1ccccc1. The fraction of sp³-hybridized carbons (Fsp3) is 0.167. The molecule has 3 aromatic carbocycles. The zero-order chi connectivity index (χ0) is 23.7. The fourth-order valence-corrected chi connectivity index (χ4v) is 2.83. The Morgan fingerprint density at radius 2 is 1.79 bits per heavy atom. The maximum Gasteiger partial charge on any atom is 0.416 e. The molecule has 0 spiro atoms. The van der Waals surface area contributed by atoms with Crippen LogP contribution in [0.3, 0.4) is 0 Å². The molecule has 3 aromatic rings. The molecule has 0 unspecified atom stereocenters. The van der Waals surface area contributed by atoms with Gasteiger partial charge in [-0.1, -0.05) is 36.4 Å². The number of nitrogens with one attached hydrogen (secondary N) is 2. The van der Waals surface area contributed by atoms with Gasteiger partial charge in [0.05, 0.1) is 25.4 Å². The highest BCUT2D eigenvalue weighted by molar-refractivity contribution is 5.84. The molecule has 3 rings (SSSR count). The van der Waals surface area contributed by atoms with Crippen molar-refractivity contribution >= 4 is 17.8 Å². The molecule has 6 nitrogen and oxygen atoms in total. The van der Waals surface area contributed by atoms with E-state index in [0.29, 0.717) is 23.7 Å². The number of carbonyl (C=O) groups is 1. The summed E-state index contributed by atoms with van der Waals surface area (Å²) in [6.07, 6.45) is -3.03. The number of rotatable bonds is 9. The van der Waals surface area contributed by atoms with E-state index in [4.69, 9.17) is 9.47 Å². The Morgan fingerprint density at radius 1 is 1.00 bits per heavy atom. The maximum atomic E-state index is 12.8. The summed E-state index contributed by atoms with van der Waals surface area (Å²) in [5.74, 6) is 0.554. The van der Waals surface area contributed by atoms with Crippen molar-refractivity contribution in [2.24, 2.45) is 5.10 Å². The number of carbonyl (C=O) groups excluding carboxylic acids is 1. The highest BCUT2D eigenvalue weighted by Gasteiger charge is 2.30. The number of hydrogen-bond donors (Lipinski definition) is 2. The van der Waals surface area contributed by atoms with Gasteiger partial charge in [0.15, 0.2) is 11.5 Å². The second-order valence-corrected chi connectivity index (χ2v) is 6.91. The molecule has 0 saturated carbocycles. The number of anilines is 1. The largest absolute Gasteiger partial charge is 0.493 e. The highest BCUT2D eigenvalue weighted by Crippen LogP contribution is 2.30. The molecule has 0 radical (unpaired) electrons. The Balaban J connectivity index is 1.51. The van der Waals surface area contributed by atoms with Crippen LogP contribution >= 0.6 is 0 Å². The number of alkyl halides is 3. The van der Waals surface area contributed by atoms with Crippen LogP contribution in [0.5, 0.6) is 11.5 Å². The molecule has 0 fully saturated rings. The number of hydrogen-bond acceptors (Lipinski definition) is 5. The molecule has 0 saturated heterocycles. The third kappa shape index (κ3) is 7.27. The van der Waals surface area contributed by atoms with Crippen LogP contribution < -0.4 is 20.2 Å². The molecule has 0 aromatic heterocycles. The predicted octanol–water partition coefficient (Wildman–Crippen LogP) is 4.86. The zero-order valence-corrected chi connectivity index (χ0v) is 17.7. The van der Waals surface area contributed by atoms with Gasteiger partial charge in [-0.05, 0) is 47.5 Å². The van der Waals surface area contributed by atoms with Gasteiger partial charge in [0.2, 0.25) is 0 Å². The molecule has 0 aliphatic heterocycles. The van der Waals surface area contributed by atoms with Crippen LogP contribution in [0.15, 0.2) is 77.9 Å². The standard InChI is InChI=1S/C24H22F3N3O3/c1-32-22-12-18(10-11-21(22)33-16-17-6-3-2-4-7-17)14-29-30-23(31)15-28-20-9-5-8-19(13-20)24(25,26)27/h2-14,28H,15-16H2,1H3,(H,30,31)/b29-14+. The van der Waals surface area contributed by atoms with E-state index in [-0.39, 0.29) is 12.2 Å². The summed E-state index contributed by atoms with van der Waals surface area (Å²) in [6.45, 7) is 0.147. The normalized spacial score (nSPS) is 11.3. The quantitative estimate of drug-likeness (QED) is 0.356. The van der Waals surface area contributed by atoms with Gasteiger partial charge >= 0.3 is 6.18 Å². The van der Waals surface area contributed by atoms with E-state index in [1.54, 1.807) is 18.2 Å². The van der Waals surface area contributed by atoms with Crippen molar-refractivity contribution in [2.75, 3.05) is 19.0 Å². The zero-order valence-electron chi connectivity index (χ0n) is 17.7. The Kier molecular flexibility index (Phi) is 7.91. The molecule has 33 heavy (non-hydrogen) atoms. The first-order chi connectivity index (χ1) is 15.8. The second-order valence-electron chi connectivity index (χ2n) is 6.91. The first-order valence-corrected chi connectivity index (χ1v) is 9.93. The summed E-state index contributed by atoms with van der Waals surface area (Å²) in [7, 11) is 1.52.